The third-order valence-corrected chi connectivity index (χ3v) is 12.4. The first-order valence-electron chi connectivity index (χ1n) is 26.2. The van der Waals surface area contributed by atoms with Gasteiger partial charge in [-0.15, -0.1) is 11.3 Å². The van der Waals surface area contributed by atoms with Gasteiger partial charge in [0.25, 0.3) is 0 Å². The summed E-state index contributed by atoms with van der Waals surface area (Å²) < 4.78 is 135. The van der Waals surface area contributed by atoms with Gasteiger partial charge in [0.2, 0.25) is 0 Å². The van der Waals surface area contributed by atoms with E-state index in [4.69, 9.17) is 28.1 Å². The summed E-state index contributed by atoms with van der Waals surface area (Å²) in [6.45, 7) is -0.574. The molecule has 0 saturated heterocycles. The first-order valence-corrected chi connectivity index (χ1v) is 20.0. The van der Waals surface area contributed by atoms with Crippen LogP contribution in [0.5, 0.6) is 0 Å². The number of rotatable bonds is 5. The summed E-state index contributed by atoms with van der Waals surface area (Å²) >= 11 is 1.64. The van der Waals surface area contributed by atoms with Crippen LogP contribution in [0.2, 0.25) is 0 Å². The second-order valence-electron chi connectivity index (χ2n) is 14.6. The van der Waals surface area contributed by atoms with Crippen LogP contribution in [-0.4, -0.2) is 14.5 Å². The molecule has 0 aliphatic carbocycles. The number of aromatic nitrogens is 3. The van der Waals surface area contributed by atoms with Crippen molar-refractivity contribution in [3.05, 3.63) is 193 Å². The lowest BCUT2D eigenvalue weighted by atomic mass is 10.00. The van der Waals surface area contributed by atoms with Crippen molar-refractivity contribution in [3.8, 4) is 33.8 Å². The van der Waals surface area contributed by atoms with Gasteiger partial charge in [-0.05, 0) is 69.2 Å². The quantitative estimate of drug-likeness (QED) is 0.174. The predicted molar refractivity (Wildman–Crippen MR) is 252 cm³/mol. The number of hydrogen-bond acceptors (Lipinski definition) is 4. The molecule has 0 spiro atoms. The van der Waals surface area contributed by atoms with E-state index in [-0.39, 0.29) is 43.7 Å². The Kier molecular flexibility index (Phi) is 4.86. The zero-order valence-corrected chi connectivity index (χ0v) is 32.0. The number of benzene rings is 9. The number of hydrogen-bond donors (Lipinski definition) is 0. The molecule has 13 rings (SSSR count). The molecule has 0 atom stereocenters. The second kappa shape index (κ2) is 13.0. The number of para-hydroxylation sites is 1. The maximum absolute atomic E-state index is 9.40. The van der Waals surface area contributed by atoms with Gasteiger partial charge in [-0.1, -0.05) is 151 Å². The van der Waals surface area contributed by atoms with E-state index >= 15 is 0 Å². The van der Waals surface area contributed by atoms with Crippen LogP contribution >= 0.6 is 11.3 Å². The van der Waals surface area contributed by atoms with Gasteiger partial charge in [-0.3, -0.25) is 0 Å². The lowest BCUT2D eigenvalue weighted by molar-refractivity contribution is 0.669. The van der Waals surface area contributed by atoms with Gasteiger partial charge >= 0.3 is 0 Å². The number of furan rings is 1. The fourth-order valence-corrected chi connectivity index (χ4v) is 9.59. The number of thiophene rings is 1. The van der Waals surface area contributed by atoms with Crippen molar-refractivity contribution < 1.29 is 23.6 Å². The summed E-state index contributed by atoms with van der Waals surface area (Å²) in [5.41, 5.74) is 3.96. The van der Waals surface area contributed by atoms with Gasteiger partial charge in [0.15, 0.2) is 5.82 Å². The van der Waals surface area contributed by atoms with Crippen molar-refractivity contribution in [2.75, 3.05) is 0 Å². The highest BCUT2D eigenvalue weighted by Gasteiger charge is 2.21. The smallest absolute Gasteiger partial charge is 0.161 e. The molecule has 4 aromatic heterocycles. The van der Waals surface area contributed by atoms with E-state index in [0.717, 1.165) is 53.3 Å². The van der Waals surface area contributed by atoms with Crippen molar-refractivity contribution in [3.63, 3.8) is 0 Å². The lowest BCUT2D eigenvalue weighted by Crippen LogP contribution is -1.99. The first-order chi connectivity index (χ1) is 35.5. The van der Waals surface area contributed by atoms with Crippen LogP contribution in [0.4, 0.5) is 0 Å². The van der Waals surface area contributed by atoms with E-state index in [2.05, 4.69) is 42.5 Å². The molecular weight excluding hydrogens is 751 g/mol. The normalized spacial score (nSPS) is 15.3. The summed E-state index contributed by atoms with van der Waals surface area (Å²) in [4.78, 5) is 10.5. The molecule has 280 valence electrons. The Hall–Kier alpha value is -7.60. The zero-order chi connectivity index (χ0) is 51.5. The van der Waals surface area contributed by atoms with Crippen molar-refractivity contribution in [1.29, 1.82) is 0 Å². The molecule has 0 aliphatic rings. The summed E-state index contributed by atoms with van der Waals surface area (Å²) in [5.74, 6) is 0.489. The van der Waals surface area contributed by atoms with Crippen molar-refractivity contribution in [2.24, 2.45) is 0 Å². The molecule has 0 amide bonds. The molecule has 5 heteroatoms. The third-order valence-electron chi connectivity index (χ3n) is 11.2. The minimum absolute atomic E-state index is 0.0412. The third kappa shape index (κ3) is 5.09. The van der Waals surface area contributed by atoms with Crippen LogP contribution in [0.1, 0.15) is 24.8 Å². The minimum Gasteiger partial charge on any atom is -0.456 e. The van der Waals surface area contributed by atoms with Gasteiger partial charge in [0, 0.05) is 60.2 Å². The Morgan fingerprint density at radius 3 is 2.30 bits per heavy atom. The highest BCUT2D eigenvalue weighted by molar-refractivity contribution is 7.26. The van der Waals surface area contributed by atoms with E-state index in [1.807, 2.05) is 42.5 Å². The maximum Gasteiger partial charge on any atom is 0.161 e. The molecule has 0 N–H and O–H groups in total. The van der Waals surface area contributed by atoms with Crippen LogP contribution in [0.15, 0.2) is 192 Å². The van der Waals surface area contributed by atoms with E-state index in [0.29, 0.717) is 27.9 Å². The molecule has 0 bridgehead atoms. The SMILES string of the molecule is [2H]c1c([2H])c(-c2ccc3c(c2)oc2cccc(-c4nc(-c5ccc6ccccc6c5)c5sc6ccccc6c5n4)c23)c([2H])c([2H])c1Cn1c2c([2H])c([2H])c([2H])c([2H])c2c2c([2H])c([2H])c3c([2H])c([2H])c([2H])c([2H])c3c21. The molecule has 0 radical (unpaired) electrons. The number of nitrogens with zero attached hydrogens (tertiary/aromatic N) is 3. The molecule has 60 heavy (non-hydrogen) atoms. The Balaban J connectivity index is 0.979. The average Bonchev–Trinajstić information content (AvgIpc) is 4.15. The summed E-state index contributed by atoms with van der Waals surface area (Å²) in [7, 11) is 0. The van der Waals surface area contributed by atoms with Crippen LogP contribution in [0.25, 0.3) is 119 Å². The first kappa shape index (κ1) is 22.5. The van der Waals surface area contributed by atoms with Crippen molar-refractivity contribution in [1.82, 2.24) is 14.5 Å². The minimum atomic E-state index is -0.656. The largest absolute Gasteiger partial charge is 0.456 e. The Morgan fingerprint density at radius 2 is 1.37 bits per heavy atom. The van der Waals surface area contributed by atoms with E-state index in [1.54, 1.807) is 29.5 Å². The molecule has 4 heterocycles. The van der Waals surface area contributed by atoms with Gasteiger partial charge in [0.05, 0.1) is 40.6 Å². The van der Waals surface area contributed by atoms with E-state index < -0.39 is 91.1 Å². The fourth-order valence-electron chi connectivity index (χ4n) is 8.43. The molecule has 9 aromatic carbocycles. The van der Waals surface area contributed by atoms with Gasteiger partial charge < -0.3 is 8.98 Å². The summed E-state index contributed by atoms with van der Waals surface area (Å²) in [5, 5.41) is 3.73. The molecular formula is C55H33N3OS. The summed E-state index contributed by atoms with van der Waals surface area (Å²) in [6, 6.07) is 25.6. The molecule has 0 saturated carbocycles. The second-order valence-corrected chi connectivity index (χ2v) is 15.7. The average molecular weight is 798 g/mol. The van der Waals surface area contributed by atoms with Gasteiger partial charge in [-0.2, -0.15) is 0 Å². The summed E-state index contributed by atoms with van der Waals surface area (Å²) in [6.07, 6.45) is 0. The maximum atomic E-state index is 9.40. The number of fused-ring (bicyclic) bond motifs is 12. The molecule has 0 aliphatic heterocycles. The topological polar surface area (TPSA) is 43.9 Å². The van der Waals surface area contributed by atoms with Crippen LogP contribution in [0, 0.1) is 0 Å². The van der Waals surface area contributed by atoms with E-state index in [9.17, 15) is 5.48 Å². The molecule has 0 fully saturated rings. The van der Waals surface area contributed by atoms with Crippen molar-refractivity contribution in [2.45, 2.75) is 6.54 Å². The van der Waals surface area contributed by atoms with Crippen LogP contribution in [0.3, 0.4) is 0 Å². The van der Waals surface area contributed by atoms with E-state index in [1.165, 1.54) is 4.57 Å². The molecule has 0 unspecified atom stereocenters. The molecule has 4 nitrogen and oxygen atoms in total. The standard InChI is InChI=1S/C55H33N3OS/c1-2-12-37-30-39(25-24-34(37)10-1)51-54-52(44-15-6-8-19-49(44)60-54)57-55(56-51)45-16-9-18-47-50(45)43-29-27-38(31-48(43)59-47)35-22-20-33(21-23-35)32-58-46-17-7-5-14-41(46)42-28-26-36-11-3-4-13-40(36)53(42)58/h1-31H,32H2/i3D,4D,5D,7D,11D,13D,14D,17D,20D,21D,22D,23D,26D,28D. The Morgan fingerprint density at radius 1 is 0.550 bits per heavy atom. The zero-order valence-electron chi connectivity index (χ0n) is 45.2. The van der Waals surface area contributed by atoms with Crippen LogP contribution < -0.4 is 0 Å². The predicted octanol–water partition coefficient (Wildman–Crippen LogP) is 15.2. The highest BCUT2D eigenvalue weighted by atomic mass is 32.1. The highest BCUT2D eigenvalue weighted by Crippen LogP contribution is 2.43. The van der Waals surface area contributed by atoms with Gasteiger partial charge in [-0.25, -0.2) is 9.97 Å². The van der Waals surface area contributed by atoms with Gasteiger partial charge in [0.1, 0.15) is 11.2 Å². The lowest BCUT2D eigenvalue weighted by Gasteiger charge is -2.11. The molecule has 13 aromatic rings. The monoisotopic (exact) mass is 797 g/mol. The fraction of sp³-hybridized carbons (Fsp3) is 0.0182. The Bertz CT molecular complexity index is 4690. The van der Waals surface area contributed by atoms with Crippen LogP contribution in [-0.2, 0) is 6.54 Å². The van der Waals surface area contributed by atoms with Crippen molar-refractivity contribution >= 4 is 96.9 Å². The Labute approximate surface area is 367 Å².